The minimum absolute atomic E-state index is 0.141. The van der Waals surface area contributed by atoms with Gasteiger partial charge in [-0.05, 0) is 39.0 Å². The number of rotatable bonds is 5. The van der Waals surface area contributed by atoms with Gasteiger partial charge in [-0.25, -0.2) is 4.99 Å². The molecule has 1 aliphatic rings. The van der Waals surface area contributed by atoms with Gasteiger partial charge in [0.25, 0.3) is 5.56 Å². The Morgan fingerprint density at radius 1 is 1.35 bits per heavy atom. The van der Waals surface area contributed by atoms with Gasteiger partial charge in [0.05, 0.1) is 5.54 Å². The summed E-state index contributed by atoms with van der Waals surface area (Å²) in [5.74, 6) is 0.114. The second-order valence-corrected chi connectivity index (χ2v) is 11.0. The predicted octanol–water partition coefficient (Wildman–Crippen LogP) is 3.30. The zero-order chi connectivity index (χ0) is 25.3. The summed E-state index contributed by atoms with van der Waals surface area (Å²) in [5.41, 5.74) is 0.171. The lowest BCUT2D eigenvalue weighted by atomic mass is 9.95. The second-order valence-electron chi connectivity index (χ2n) is 9.55. The van der Waals surface area contributed by atoms with Gasteiger partial charge >= 0.3 is 0 Å². The highest BCUT2D eigenvalue weighted by atomic mass is 35.5. The van der Waals surface area contributed by atoms with E-state index in [0.29, 0.717) is 38.7 Å². The molecule has 1 aromatic heterocycles. The third kappa shape index (κ3) is 5.69. The molecule has 0 radical (unpaired) electrons. The molecule has 0 fully saturated rings. The molecule has 1 amide bonds. The maximum Gasteiger partial charge on any atom is 0.270 e. The minimum Gasteiger partial charge on any atom is -0.474 e. The highest BCUT2D eigenvalue weighted by Crippen LogP contribution is 2.25. The molecule has 180 valence electrons. The molecule has 3 rings (SSSR count). The highest BCUT2D eigenvalue weighted by molar-refractivity contribution is 7.07. The summed E-state index contributed by atoms with van der Waals surface area (Å²) in [5, 5.41) is 16.2. The fourth-order valence-electron chi connectivity index (χ4n) is 3.10. The number of aliphatic imine (C=N–C) groups is 1. The minimum atomic E-state index is -0.557. The molecule has 10 heteroatoms. The first kappa shape index (κ1) is 25.5. The number of ether oxygens (including phenoxy) is 1. The average Bonchev–Trinajstić information content (AvgIpc) is 3.24. The number of halogens is 1. The van der Waals surface area contributed by atoms with Crippen molar-refractivity contribution in [1.82, 2.24) is 4.57 Å². The Bertz CT molecular complexity index is 1370. The van der Waals surface area contributed by atoms with Crippen LogP contribution in [-0.4, -0.2) is 28.5 Å². The number of anilines is 2. The van der Waals surface area contributed by atoms with Crippen LogP contribution >= 0.6 is 22.9 Å². The molecule has 0 atom stereocenters. The lowest BCUT2D eigenvalue weighted by Gasteiger charge is -2.18. The SMILES string of the molecule is CCn1c(=O)/c(=C\Nc2cc(Cl)cc(NC(=O)C(C)(C)C)c2)s/c1=C(/C#N)C1=NC(C)(C)CO1. The van der Waals surface area contributed by atoms with Gasteiger partial charge in [-0.3, -0.25) is 14.2 Å². The Hall–Kier alpha value is -3.09. The smallest absolute Gasteiger partial charge is 0.270 e. The number of thiazole rings is 1. The molecule has 0 bridgehead atoms. The molecule has 0 unspecified atom stereocenters. The summed E-state index contributed by atoms with van der Waals surface area (Å²) in [6, 6.07) is 7.23. The lowest BCUT2D eigenvalue weighted by Crippen LogP contribution is -2.32. The van der Waals surface area contributed by atoms with Gasteiger partial charge in [0.1, 0.15) is 27.4 Å². The number of hydrogen-bond acceptors (Lipinski definition) is 7. The van der Waals surface area contributed by atoms with Crippen LogP contribution in [0.4, 0.5) is 11.4 Å². The first-order valence-electron chi connectivity index (χ1n) is 10.8. The molecule has 2 heterocycles. The number of nitrogens with one attached hydrogen (secondary N) is 2. The van der Waals surface area contributed by atoms with Crippen molar-refractivity contribution in [1.29, 1.82) is 5.26 Å². The van der Waals surface area contributed by atoms with Crippen LogP contribution in [0.25, 0.3) is 11.8 Å². The first-order chi connectivity index (χ1) is 15.8. The van der Waals surface area contributed by atoms with Crippen LogP contribution in [0.2, 0.25) is 5.02 Å². The average molecular weight is 502 g/mol. The summed E-state index contributed by atoms with van der Waals surface area (Å²) in [6.07, 6.45) is 1.57. The van der Waals surface area contributed by atoms with Crippen molar-refractivity contribution in [2.24, 2.45) is 10.4 Å². The molecule has 8 nitrogen and oxygen atoms in total. The summed E-state index contributed by atoms with van der Waals surface area (Å²) in [6.45, 7) is 11.9. The van der Waals surface area contributed by atoms with Crippen molar-refractivity contribution in [3.8, 4) is 6.07 Å². The van der Waals surface area contributed by atoms with E-state index in [9.17, 15) is 14.9 Å². The zero-order valence-corrected chi connectivity index (χ0v) is 21.6. The van der Waals surface area contributed by atoms with E-state index >= 15 is 0 Å². The van der Waals surface area contributed by atoms with Crippen molar-refractivity contribution in [3.05, 3.63) is 42.8 Å². The van der Waals surface area contributed by atoms with E-state index in [0.717, 1.165) is 0 Å². The van der Waals surface area contributed by atoms with Crippen LogP contribution in [0.15, 0.2) is 28.0 Å². The van der Waals surface area contributed by atoms with Crippen LogP contribution in [0, 0.1) is 16.7 Å². The van der Waals surface area contributed by atoms with Crippen molar-refractivity contribution in [3.63, 3.8) is 0 Å². The number of hydrogen-bond donors (Lipinski definition) is 2. The van der Waals surface area contributed by atoms with Gasteiger partial charge in [0.2, 0.25) is 11.8 Å². The van der Waals surface area contributed by atoms with E-state index in [2.05, 4.69) is 21.7 Å². The third-order valence-corrected chi connectivity index (χ3v) is 6.29. The highest BCUT2D eigenvalue weighted by Gasteiger charge is 2.29. The topological polar surface area (TPSA) is 109 Å². The quantitative estimate of drug-likeness (QED) is 0.653. The molecule has 0 aliphatic carbocycles. The zero-order valence-electron chi connectivity index (χ0n) is 20.1. The summed E-state index contributed by atoms with van der Waals surface area (Å²) in [4.78, 5) is 29.8. The van der Waals surface area contributed by atoms with E-state index in [-0.39, 0.29) is 22.9 Å². The molecule has 0 saturated heterocycles. The Morgan fingerprint density at radius 2 is 2.03 bits per heavy atom. The third-order valence-electron chi connectivity index (χ3n) is 4.94. The predicted molar refractivity (Wildman–Crippen MR) is 138 cm³/mol. The fourth-order valence-corrected chi connectivity index (χ4v) is 4.42. The molecule has 2 N–H and O–H groups in total. The summed E-state index contributed by atoms with van der Waals surface area (Å²) in [7, 11) is 0. The molecule has 1 aliphatic heterocycles. The fraction of sp³-hybridized carbons (Fsp3) is 0.417. The number of carbonyl (C=O) groups excluding carboxylic acids is 1. The number of nitriles is 1. The van der Waals surface area contributed by atoms with Crippen LogP contribution in [0.5, 0.6) is 0 Å². The summed E-state index contributed by atoms with van der Waals surface area (Å²) >= 11 is 7.42. The molecule has 0 spiro atoms. The van der Waals surface area contributed by atoms with E-state index < -0.39 is 11.0 Å². The molecule has 34 heavy (non-hydrogen) atoms. The van der Waals surface area contributed by atoms with E-state index in [1.54, 1.807) is 24.4 Å². The van der Waals surface area contributed by atoms with E-state index in [1.165, 1.54) is 15.9 Å². The molecule has 2 aromatic rings. The Morgan fingerprint density at radius 3 is 2.59 bits per heavy atom. The molecular formula is C24H28ClN5O3S. The van der Waals surface area contributed by atoms with Crippen molar-refractivity contribution >= 4 is 57.9 Å². The van der Waals surface area contributed by atoms with E-state index in [4.69, 9.17) is 16.3 Å². The van der Waals surface area contributed by atoms with Gasteiger partial charge in [-0.2, -0.15) is 5.26 Å². The number of carbonyl (C=O) groups is 1. The van der Waals surface area contributed by atoms with E-state index in [1.807, 2.05) is 41.5 Å². The van der Waals surface area contributed by atoms with Crippen LogP contribution in [0.3, 0.4) is 0 Å². The van der Waals surface area contributed by atoms with Crippen LogP contribution in [-0.2, 0) is 16.1 Å². The van der Waals surface area contributed by atoms with Gasteiger partial charge in [0.15, 0.2) is 0 Å². The molecular weight excluding hydrogens is 474 g/mol. The van der Waals surface area contributed by atoms with Gasteiger partial charge < -0.3 is 15.4 Å². The number of amides is 1. The molecule has 0 saturated carbocycles. The Labute approximate surface area is 207 Å². The number of benzene rings is 1. The number of nitrogens with zero attached hydrogens (tertiary/aromatic N) is 3. The lowest BCUT2D eigenvalue weighted by molar-refractivity contribution is -0.123. The van der Waals surface area contributed by atoms with Crippen LogP contribution < -0.4 is 25.4 Å². The normalized spacial score (nSPS) is 16.4. The molecule has 1 aromatic carbocycles. The van der Waals surface area contributed by atoms with Crippen LogP contribution in [0.1, 0.15) is 41.5 Å². The maximum absolute atomic E-state index is 13.0. The Kier molecular flexibility index (Phi) is 7.24. The van der Waals surface area contributed by atoms with Crippen molar-refractivity contribution in [2.75, 3.05) is 17.2 Å². The largest absolute Gasteiger partial charge is 0.474 e. The standard InChI is InChI=1S/C24H28ClN5O3S/c1-7-30-20(31)18(34-21(30)17(11-26)19-29-24(5,6)13-33-19)12-27-15-8-14(25)9-16(10-15)28-22(32)23(2,3)4/h8-10,12,27H,7,13H2,1-6H3,(H,28,32)/b18-12+,21-17-. The van der Waals surface area contributed by atoms with Gasteiger partial charge in [-0.15, -0.1) is 11.3 Å². The van der Waals surface area contributed by atoms with Crippen molar-refractivity contribution < 1.29 is 9.53 Å². The second kappa shape index (κ2) is 9.65. The first-order valence-corrected chi connectivity index (χ1v) is 12.0. The number of aromatic nitrogens is 1. The van der Waals surface area contributed by atoms with Gasteiger partial charge in [0, 0.05) is 34.6 Å². The monoisotopic (exact) mass is 501 g/mol. The Balaban J connectivity index is 2.02. The van der Waals surface area contributed by atoms with Gasteiger partial charge in [-0.1, -0.05) is 32.4 Å². The maximum atomic E-state index is 13.0. The summed E-state index contributed by atoms with van der Waals surface area (Å²) < 4.78 is 8.07. The van der Waals surface area contributed by atoms with Crippen molar-refractivity contribution in [2.45, 2.75) is 53.6 Å².